The molecule has 1 saturated carbocycles. The van der Waals surface area contributed by atoms with Gasteiger partial charge in [-0.3, -0.25) is 10.1 Å². The van der Waals surface area contributed by atoms with Crippen LogP contribution < -0.4 is 5.32 Å². The van der Waals surface area contributed by atoms with Gasteiger partial charge in [0, 0.05) is 5.92 Å². The number of nitrogens with one attached hydrogen (secondary N) is 1. The van der Waals surface area contributed by atoms with Gasteiger partial charge < -0.3 is 0 Å². The van der Waals surface area contributed by atoms with Crippen molar-refractivity contribution in [3.8, 4) is 16.3 Å². The topological polar surface area (TPSA) is 72.7 Å². The summed E-state index contributed by atoms with van der Waals surface area (Å²) in [7, 11) is 0. The fourth-order valence-corrected chi connectivity index (χ4v) is 4.38. The maximum Gasteiger partial charge on any atom is 0.276 e. The second-order valence-electron chi connectivity index (χ2n) is 6.31. The van der Waals surface area contributed by atoms with Crippen LogP contribution in [0.1, 0.15) is 34.3 Å². The zero-order valence-corrected chi connectivity index (χ0v) is 15.8. The number of hydrogen-bond donors (Lipinski definition) is 1. The Labute approximate surface area is 163 Å². The summed E-state index contributed by atoms with van der Waals surface area (Å²) in [5.74, 6) is 0.279. The molecule has 1 aromatic carbocycles. The first-order chi connectivity index (χ1) is 13.3. The number of nitrogens with zero attached hydrogens (tertiary/aromatic N) is 4. The van der Waals surface area contributed by atoms with E-state index in [-0.39, 0.29) is 5.91 Å². The fraction of sp³-hybridized carbons (Fsp3) is 0.158. The molecule has 1 amide bonds. The van der Waals surface area contributed by atoms with Gasteiger partial charge in [-0.05, 0) is 42.5 Å². The normalized spacial score (nSPS) is 13.6. The van der Waals surface area contributed by atoms with Gasteiger partial charge in [0.15, 0.2) is 0 Å². The van der Waals surface area contributed by atoms with Crippen molar-refractivity contribution in [3.05, 3.63) is 64.6 Å². The van der Waals surface area contributed by atoms with Gasteiger partial charge in [-0.2, -0.15) is 5.10 Å². The standard InChI is InChI=1S/C19H15N5OS2/c25-17(20-19-22-21-18(27-19)12-8-9-12)15-11-14(16-7-4-10-26-16)23-24(15)13-5-2-1-3-6-13/h1-7,10-12H,8-9H2,(H,20,22,25). The van der Waals surface area contributed by atoms with Crippen LogP contribution in [0.4, 0.5) is 5.13 Å². The molecule has 0 spiro atoms. The maximum absolute atomic E-state index is 13.0. The minimum Gasteiger partial charge on any atom is -0.295 e. The van der Waals surface area contributed by atoms with Crippen molar-refractivity contribution in [3.63, 3.8) is 0 Å². The highest BCUT2D eigenvalue weighted by Gasteiger charge is 2.28. The number of anilines is 1. The monoisotopic (exact) mass is 393 g/mol. The van der Waals surface area contributed by atoms with Crippen LogP contribution in [0, 0.1) is 0 Å². The van der Waals surface area contributed by atoms with Gasteiger partial charge in [0.25, 0.3) is 5.91 Å². The number of carbonyl (C=O) groups excluding carboxylic acids is 1. The van der Waals surface area contributed by atoms with Crippen molar-refractivity contribution < 1.29 is 4.79 Å². The van der Waals surface area contributed by atoms with Crippen molar-refractivity contribution >= 4 is 33.7 Å². The summed E-state index contributed by atoms with van der Waals surface area (Å²) in [5, 5.41) is 19.4. The van der Waals surface area contributed by atoms with Gasteiger partial charge in [-0.1, -0.05) is 35.6 Å². The number of para-hydroxylation sites is 1. The summed E-state index contributed by atoms with van der Waals surface area (Å²) in [6.07, 6.45) is 2.32. The second kappa shape index (κ2) is 6.71. The molecule has 3 heterocycles. The Morgan fingerprint density at radius 2 is 1.96 bits per heavy atom. The first kappa shape index (κ1) is 16.3. The Bertz CT molecular complexity index is 1080. The van der Waals surface area contributed by atoms with Gasteiger partial charge in [0.1, 0.15) is 16.4 Å². The Morgan fingerprint density at radius 1 is 1.11 bits per heavy atom. The second-order valence-corrected chi connectivity index (χ2v) is 8.27. The number of aromatic nitrogens is 4. The van der Waals surface area contributed by atoms with Gasteiger partial charge in [0.05, 0.1) is 10.6 Å². The molecule has 0 saturated heterocycles. The van der Waals surface area contributed by atoms with Crippen LogP contribution in [0.2, 0.25) is 0 Å². The molecule has 6 nitrogen and oxygen atoms in total. The minimum atomic E-state index is -0.243. The van der Waals surface area contributed by atoms with E-state index in [1.165, 1.54) is 11.3 Å². The SMILES string of the molecule is O=C(Nc1nnc(C2CC2)s1)c1cc(-c2cccs2)nn1-c1ccccc1. The van der Waals surface area contributed by atoms with Crippen LogP contribution in [0.3, 0.4) is 0 Å². The Kier molecular flexibility index (Phi) is 4.06. The predicted octanol–water partition coefficient (Wildman–Crippen LogP) is 4.58. The highest BCUT2D eigenvalue weighted by atomic mass is 32.1. The van der Waals surface area contributed by atoms with Crippen molar-refractivity contribution in [2.45, 2.75) is 18.8 Å². The van der Waals surface area contributed by atoms with E-state index in [2.05, 4.69) is 20.6 Å². The number of benzene rings is 1. The lowest BCUT2D eigenvalue weighted by molar-refractivity contribution is 0.101. The third kappa shape index (κ3) is 3.29. The lowest BCUT2D eigenvalue weighted by Crippen LogP contribution is -2.16. The van der Waals surface area contributed by atoms with Crippen LogP contribution in [0.25, 0.3) is 16.3 Å². The summed E-state index contributed by atoms with van der Waals surface area (Å²) in [6, 6.07) is 15.4. The molecule has 134 valence electrons. The first-order valence-corrected chi connectivity index (χ1v) is 10.3. The largest absolute Gasteiger partial charge is 0.295 e. The van der Waals surface area contributed by atoms with Crippen LogP contribution in [0.5, 0.6) is 0 Å². The van der Waals surface area contributed by atoms with E-state index in [0.29, 0.717) is 16.7 Å². The van der Waals surface area contributed by atoms with Gasteiger partial charge in [0.2, 0.25) is 5.13 Å². The van der Waals surface area contributed by atoms with E-state index in [1.807, 2.05) is 53.9 Å². The predicted molar refractivity (Wildman–Crippen MR) is 107 cm³/mol. The summed E-state index contributed by atoms with van der Waals surface area (Å²) in [4.78, 5) is 14.0. The third-order valence-electron chi connectivity index (χ3n) is 4.30. The number of carbonyl (C=O) groups is 1. The van der Waals surface area contributed by atoms with Crippen LogP contribution in [-0.4, -0.2) is 25.9 Å². The molecule has 8 heteroatoms. The van der Waals surface area contributed by atoms with E-state index >= 15 is 0 Å². The van der Waals surface area contributed by atoms with E-state index in [4.69, 9.17) is 0 Å². The highest BCUT2D eigenvalue weighted by molar-refractivity contribution is 7.15. The summed E-state index contributed by atoms with van der Waals surface area (Å²) in [5.41, 5.74) is 2.07. The molecule has 0 aliphatic heterocycles. The van der Waals surface area contributed by atoms with Crippen molar-refractivity contribution in [1.29, 1.82) is 0 Å². The van der Waals surface area contributed by atoms with Crippen molar-refractivity contribution in [2.75, 3.05) is 5.32 Å². The van der Waals surface area contributed by atoms with Crippen LogP contribution in [-0.2, 0) is 0 Å². The molecule has 1 fully saturated rings. The maximum atomic E-state index is 13.0. The summed E-state index contributed by atoms with van der Waals surface area (Å²) in [6.45, 7) is 0. The average Bonchev–Trinajstić information content (AvgIpc) is 3.11. The van der Waals surface area contributed by atoms with E-state index in [0.717, 1.165) is 34.1 Å². The lowest BCUT2D eigenvalue weighted by Gasteiger charge is -2.06. The molecule has 3 aromatic heterocycles. The van der Waals surface area contributed by atoms with E-state index in [9.17, 15) is 4.79 Å². The number of thiophene rings is 1. The van der Waals surface area contributed by atoms with E-state index in [1.54, 1.807) is 16.0 Å². The molecule has 5 rings (SSSR count). The number of rotatable bonds is 5. The third-order valence-corrected chi connectivity index (χ3v) is 6.20. The molecule has 27 heavy (non-hydrogen) atoms. The van der Waals surface area contributed by atoms with Gasteiger partial charge >= 0.3 is 0 Å². The van der Waals surface area contributed by atoms with Crippen molar-refractivity contribution in [1.82, 2.24) is 20.0 Å². The summed E-state index contributed by atoms with van der Waals surface area (Å²) >= 11 is 3.05. The molecular formula is C19H15N5OS2. The highest BCUT2D eigenvalue weighted by Crippen LogP contribution is 2.42. The molecule has 0 unspecified atom stereocenters. The fourth-order valence-electron chi connectivity index (χ4n) is 2.80. The minimum absolute atomic E-state index is 0.243. The van der Waals surface area contributed by atoms with Crippen LogP contribution in [0.15, 0.2) is 53.9 Å². The Hall–Kier alpha value is -2.84. The number of amides is 1. The average molecular weight is 393 g/mol. The molecule has 1 N–H and O–H groups in total. The molecule has 0 radical (unpaired) electrons. The molecule has 0 bridgehead atoms. The summed E-state index contributed by atoms with van der Waals surface area (Å²) < 4.78 is 1.67. The van der Waals surface area contributed by atoms with Crippen molar-refractivity contribution in [2.24, 2.45) is 0 Å². The number of hydrogen-bond acceptors (Lipinski definition) is 6. The molecular weight excluding hydrogens is 378 g/mol. The quantitative estimate of drug-likeness (QED) is 0.539. The molecule has 1 aliphatic rings. The molecule has 0 atom stereocenters. The lowest BCUT2D eigenvalue weighted by atomic mass is 10.3. The smallest absolute Gasteiger partial charge is 0.276 e. The van der Waals surface area contributed by atoms with Gasteiger partial charge in [-0.15, -0.1) is 21.5 Å². The van der Waals surface area contributed by atoms with Gasteiger partial charge in [-0.25, -0.2) is 4.68 Å². The first-order valence-electron chi connectivity index (χ1n) is 8.62. The van der Waals surface area contributed by atoms with Crippen LogP contribution >= 0.6 is 22.7 Å². The molecule has 4 aromatic rings. The molecule has 1 aliphatic carbocycles. The zero-order valence-electron chi connectivity index (χ0n) is 14.2. The Balaban J connectivity index is 1.50. The zero-order chi connectivity index (χ0) is 18.2. The van der Waals surface area contributed by atoms with E-state index < -0.39 is 0 Å². The Morgan fingerprint density at radius 3 is 2.70 bits per heavy atom.